The zero-order chi connectivity index (χ0) is 14.1. The normalized spacial score (nSPS) is 23.1. The van der Waals surface area contributed by atoms with Crippen LogP contribution in [0.1, 0.15) is 18.3 Å². The van der Waals surface area contributed by atoms with Crippen LogP contribution in [0.15, 0.2) is 11.1 Å². The summed E-state index contributed by atoms with van der Waals surface area (Å²) in [6.45, 7) is 11.2. The number of rotatable bonds is 1. The molecule has 0 bridgehead atoms. The van der Waals surface area contributed by atoms with Crippen molar-refractivity contribution >= 4 is 22.9 Å². The zero-order valence-electron chi connectivity index (χ0n) is 12.3. The van der Waals surface area contributed by atoms with Crippen LogP contribution in [0.2, 0.25) is 0 Å². The monoisotopic (exact) mass is 291 g/mol. The Morgan fingerprint density at radius 1 is 1.05 bits per heavy atom. The molecule has 1 unspecified atom stereocenters. The van der Waals surface area contributed by atoms with Gasteiger partial charge in [0, 0.05) is 42.8 Å². The lowest BCUT2D eigenvalue weighted by molar-refractivity contribution is 0.389. The van der Waals surface area contributed by atoms with Gasteiger partial charge in [0.15, 0.2) is 5.17 Å². The maximum Gasteiger partial charge on any atom is 0.225 e. The highest BCUT2D eigenvalue weighted by atomic mass is 32.2. The fourth-order valence-corrected chi connectivity index (χ4v) is 3.57. The molecular formula is C14H21N5S. The smallest absolute Gasteiger partial charge is 0.225 e. The summed E-state index contributed by atoms with van der Waals surface area (Å²) in [7, 11) is 0. The minimum absolute atomic E-state index is 0.630. The third-order valence-corrected chi connectivity index (χ3v) is 4.74. The lowest BCUT2D eigenvalue weighted by Gasteiger charge is -2.35. The van der Waals surface area contributed by atoms with Crippen LogP contribution in [0.4, 0.5) is 5.95 Å². The number of aryl methyl sites for hydroxylation is 2. The Morgan fingerprint density at radius 3 is 2.20 bits per heavy atom. The summed E-state index contributed by atoms with van der Waals surface area (Å²) in [6.07, 6.45) is 0. The van der Waals surface area contributed by atoms with Crippen molar-refractivity contribution in [3.05, 3.63) is 17.5 Å². The van der Waals surface area contributed by atoms with Crippen molar-refractivity contribution in [3.63, 3.8) is 0 Å². The lowest BCUT2D eigenvalue weighted by Crippen LogP contribution is -2.48. The van der Waals surface area contributed by atoms with E-state index in [9.17, 15) is 0 Å². The number of anilines is 1. The van der Waals surface area contributed by atoms with Gasteiger partial charge in [-0.25, -0.2) is 9.97 Å². The van der Waals surface area contributed by atoms with Gasteiger partial charge in [-0.2, -0.15) is 0 Å². The van der Waals surface area contributed by atoms with Gasteiger partial charge in [-0.1, -0.05) is 18.7 Å². The van der Waals surface area contributed by atoms with Crippen LogP contribution in [-0.2, 0) is 0 Å². The number of nitrogens with zero attached hydrogens (tertiary/aromatic N) is 5. The molecule has 0 N–H and O–H groups in total. The summed E-state index contributed by atoms with van der Waals surface area (Å²) < 4.78 is 0. The second-order valence-corrected chi connectivity index (χ2v) is 6.88. The molecule has 2 aliphatic heterocycles. The molecule has 1 atom stereocenters. The number of hydrogen-bond donors (Lipinski definition) is 0. The van der Waals surface area contributed by atoms with Crippen LogP contribution in [0.3, 0.4) is 0 Å². The van der Waals surface area contributed by atoms with E-state index in [1.54, 1.807) is 0 Å². The summed E-state index contributed by atoms with van der Waals surface area (Å²) in [6, 6.07) is 2.02. The van der Waals surface area contributed by atoms with E-state index in [0.717, 1.165) is 50.1 Å². The molecule has 1 fully saturated rings. The highest BCUT2D eigenvalue weighted by Gasteiger charge is 2.25. The molecule has 0 saturated carbocycles. The van der Waals surface area contributed by atoms with Crippen molar-refractivity contribution in [2.24, 2.45) is 4.99 Å². The summed E-state index contributed by atoms with van der Waals surface area (Å²) in [5, 5.41) is 1.85. The molecule has 3 heterocycles. The van der Waals surface area contributed by atoms with Crippen molar-refractivity contribution in [2.75, 3.05) is 37.6 Å². The molecule has 0 aromatic carbocycles. The second-order valence-electron chi connectivity index (χ2n) is 5.48. The van der Waals surface area contributed by atoms with Crippen molar-refractivity contribution in [3.8, 4) is 0 Å². The minimum atomic E-state index is 0.630. The molecule has 3 rings (SSSR count). The molecule has 1 aromatic heterocycles. The first-order valence-corrected chi connectivity index (χ1v) is 8.03. The Bertz CT molecular complexity index is 502. The van der Waals surface area contributed by atoms with Crippen LogP contribution in [-0.4, -0.2) is 58.0 Å². The number of aromatic nitrogens is 2. The predicted molar refractivity (Wildman–Crippen MR) is 84.6 cm³/mol. The van der Waals surface area contributed by atoms with Crippen molar-refractivity contribution in [2.45, 2.75) is 26.0 Å². The Morgan fingerprint density at radius 2 is 1.65 bits per heavy atom. The minimum Gasteiger partial charge on any atom is -0.348 e. The van der Waals surface area contributed by atoms with Crippen LogP contribution in [0.5, 0.6) is 0 Å². The second kappa shape index (κ2) is 5.60. The summed E-state index contributed by atoms with van der Waals surface area (Å²) >= 11 is 1.90. The summed E-state index contributed by atoms with van der Waals surface area (Å²) in [5.74, 6) is 0.872. The number of hydrogen-bond acceptors (Lipinski definition) is 6. The van der Waals surface area contributed by atoms with Crippen LogP contribution in [0, 0.1) is 13.8 Å². The Balaban J connectivity index is 1.63. The summed E-state index contributed by atoms with van der Waals surface area (Å²) in [5.41, 5.74) is 2.08. The van der Waals surface area contributed by atoms with E-state index in [1.807, 2.05) is 31.7 Å². The van der Waals surface area contributed by atoms with E-state index in [-0.39, 0.29) is 0 Å². The average molecular weight is 291 g/mol. The SMILES string of the molecule is Cc1cc(C)nc(N2CCN(C3=NCC(C)S3)CC2)n1. The fraction of sp³-hybridized carbons (Fsp3) is 0.643. The van der Waals surface area contributed by atoms with Gasteiger partial charge in [-0.3, -0.25) is 4.99 Å². The topological polar surface area (TPSA) is 44.6 Å². The average Bonchev–Trinajstić information content (AvgIpc) is 2.84. The molecule has 20 heavy (non-hydrogen) atoms. The highest BCUT2D eigenvalue weighted by Crippen LogP contribution is 2.24. The number of thioether (sulfide) groups is 1. The van der Waals surface area contributed by atoms with Gasteiger partial charge in [-0.05, 0) is 19.9 Å². The fourth-order valence-electron chi connectivity index (χ4n) is 2.58. The molecule has 108 valence electrons. The molecule has 1 aromatic rings. The Hall–Kier alpha value is -1.30. The number of amidine groups is 1. The van der Waals surface area contributed by atoms with E-state index in [4.69, 9.17) is 0 Å². The van der Waals surface area contributed by atoms with Gasteiger partial charge >= 0.3 is 0 Å². The van der Waals surface area contributed by atoms with Gasteiger partial charge in [0.25, 0.3) is 0 Å². The molecule has 0 radical (unpaired) electrons. The van der Waals surface area contributed by atoms with E-state index in [1.165, 1.54) is 5.17 Å². The van der Waals surface area contributed by atoms with Crippen LogP contribution >= 0.6 is 11.8 Å². The lowest BCUT2D eigenvalue weighted by atomic mass is 10.3. The van der Waals surface area contributed by atoms with Crippen LogP contribution < -0.4 is 4.90 Å². The predicted octanol–water partition coefficient (Wildman–Crippen LogP) is 1.71. The van der Waals surface area contributed by atoms with E-state index in [2.05, 4.69) is 31.7 Å². The van der Waals surface area contributed by atoms with E-state index >= 15 is 0 Å². The third-order valence-electron chi connectivity index (χ3n) is 3.59. The summed E-state index contributed by atoms with van der Waals surface area (Å²) in [4.78, 5) is 18.4. The zero-order valence-corrected chi connectivity index (χ0v) is 13.2. The van der Waals surface area contributed by atoms with Crippen LogP contribution in [0.25, 0.3) is 0 Å². The quantitative estimate of drug-likeness (QED) is 0.788. The van der Waals surface area contributed by atoms with Crippen molar-refractivity contribution in [1.29, 1.82) is 0 Å². The third kappa shape index (κ3) is 2.90. The maximum atomic E-state index is 4.62. The van der Waals surface area contributed by atoms with Gasteiger partial charge in [-0.15, -0.1) is 0 Å². The Kier molecular flexibility index (Phi) is 3.83. The van der Waals surface area contributed by atoms with Gasteiger partial charge in [0.2, 0.25) is 5.95 Å². The van der Waals surface area contributed by atoms with E-state index < -0.39 is 0 Å². The van der Waals surface area contributed by atoms with Crippen molar-refractivity contribution < 1.29 is 0 Å². The molecule has 1 saturated heterocycles. The molecule has 0 spiro atoms. The standard InChI is InChI=1S/C14H21N5S/c1-10-8-11(2)17-13(16-10)18-4-6-19(7-5-18)14-15-9-12(3)20-14/h8,12H,4-7,9H2,1-3H3. The molecule has 2 aliphatic rings. The Labute approximate surface area is 124 Å². The van der Waals surface area contributed by atoms with Crippen molar-refractivity contribution in [1.82, 2.24) is 14.9 Å². The number of aliphatic imine (C=N–C) groups is 1. The molecule has 0 amide bonds. The van der Waals surface area contributed by atoms with Gasteiger partial charge in [0.05, 0.1) is 6.54 Å². The molecule has 0 aliphatic carbocycles. The largest absolute Gasteiger partial charge is 0.348 e. The molecule has 6 heteroatoms. The molecule has 5 nitrogen and oxygen atoms in total. The first-order valence-electron chi connectivity index (χ1n) is 7.15. The number of piperazine rings is 1. The van der Waals surface area contributed by atoms with Gasteiger partial charge < -0.3 is 9.80 Å². The van der Waals surface area contributed by atoms with E-state index in [0.29, 0.717) is 5.25 Å². The first-order chi connectivity index (χ1) is 9.61. The first kappa shape index (κ1) is 13.7. The molecular weight excluding hydrogens is 270 g/mol. The maximum absolute atomic E-state index is 4.62. The van der Waals surface area contributed by atoms with Gasteiger partial charge in [0.1, 0.15) is 0 Å². The highest BCUT2D eigenvalue weighted by molar-refractivity contribution is 8.14.